The van der Waals surface area contributed by atoms with Crippen LogP contribution in [0.1, 0.15) is 18.3 Å². The SMILES string of the molecule is OCCCN1CCOCCO[C@@H]2[C@@H](OCCOCC1)[C@@H](Oc1ccccc1)O[C@@H]1CO[C@@H](c3ccccc3)O[C@@H]21. The predicted octanol–water partition coefficient (Wildman–Crippen LogP) is 2.41. The average molecular weight is 560 g/mol. The van der Waals surface area contributed by atoms with Gasteiger partial charge in [-0.05, 0) is 18.6 Å². The molecular weight excluding hydrogens is 518 g/mol. The number of para-hydroxylation sites is 1. The highest BCUT2D eigenvalue weighted by Gasteiger charge is 2.52. The summed E-state index contributed by atoms with van der Waals surface area (Å²) in [6, 6.07) is 19.4. The van der Waals surface area contributed by atoms with Crippen LogP contribution in [0, 0.1) is 0 Å². The first-order valence-corrected chi connectivity index (χ1v) is 14.2. The van der Waals surface area contributed by atoms with Gasteiger partial charge in [0, 0.05) is 31.8 Å². The van der Waals surface area contributed by atoms with Crippen LogP contribution in [0.15, 0.2) is 60.7 Å². The monoisotopic (exact) mass is 559 g/mol. The zero-order chi connectivity index (χ0) is 27.4. The second-order valence-corrected chi connectivity index (χ2v) is 9.96. The summed E-state index contributed by atoms with van der Waals surface area (Å²) in [6.07, 6.45) is -2.47. The van der Waals surface area contributed by atoms with E-state index in [2.05, 4.69) is 4.90 Å². The highest BCUT2D eigenvalue weighted by atomic mass is 16.8. The van der Waals surface area contributed by atoms with Crippen molar-refractivity contribution < 1.29 is 43.0 Å². The van der Waals surface area contributed by atoms with Gasteiger partial charge in [0.1, 0.15) is 30.2 Å². The fourth-order valence-electron chi connectivity index (χ4n) is 5.13. The molecule has 0 spiro atoms. The Kier molecular flexibility index (Phi) is 11.6. The molecule has 5 rings (SSSR count). The van der Waals surface area contributed by atoms with E-state index in [9.17, 15) is 5.11 Å². The number of hydrogen-bond acceptors (Lipinski definition) is 10. The molecule has 6 atom stereocenters. The van der Waals surface area contributed by atoms with E-state index < -0.39 is 37.0 Å². The second-order valence-electron chi connectivity index (χ2n) is 9.96. The Labute approximate surface area is 236 Å². The van der Waals surface area contributed by atoms with Crippen molar-refractivity contribution in [3.63, 3.8) is 0 Å². The van der Waals surface area contributed by atoms with Gasteiger partial charge in [-0.25, -0.2) is 0 Å². The Morgan fingerprint density at radius 3 is 2.10 bits per heavy atom. The van der Waals surface area contributed by atoms with Crippen LogP contribution < -0.4 is 4.74 Å². The van der Waals surface area contributed by atoms with Gasteiger partial charge in [-0.3, -0.25) is 4.90 Å². The molecule has 0 bridgehead atoms. The Morgan fingerprint density at radius 2 is 1.40 bits per heavy atom. The summed E-state index contributed by atoms with van der Waals surface area (Å²) in [6.45, 7) is 5.46. The minimum absolute atomic E-state index is 0.164. The lowest BCUT2D eigenvalue weighted by molar-refractivity contribution is -0.360. The molecule has 0 unspecified atom stereocenters. The molecule has 40 heavy (non-hydrogen) atoms. The molecule has 10 heteroatoms. The summed E-state index contributed by atoms with van der Waals surface area (Å²) >= 11 is 0. The van der Waals surface area contributed by atoms with Crippen molar-refractivity contribution in [1.29, 1.82) is 0 Å². The molecular formula is C30H41NO9. The zero-order valence-corrected chi connectivity index (χ0v) is 22.9. The average Bonchev–Trinajstić information content (AvgIpc) is 3.00. The van der Waals surface area contributed by atoms with E-state index in [0.717, 1.165) is 25.2 Å². The van der Waals surface area contributed by atoms with Crippen molar-refractivity contribution in [2.24, 2.45) is 0 Å². The summed E-state index contributed by atoms with van der Waals surface area (Å²) in [7, 11) is 0. The van der Waals surface area contributed by atoms with Crippen molar-refractivity contribution in [2.45, 2.75) is 43.4 Å². The van der Waals surface area contributed by atoms with E-state index >= 15 is 0 Å². The molecule has 10 nitrogen and oxygen atoms in total. The lowest BCUT2D eigenvalue weighted by atomic mass is 9.97. The van der Waals surface area contributed by atoms with Gasteiger partial charge in [-0.1, -0.05) is 48.5 Å². The van der Waals surface area contributed by atoms with Crippen LogP contribution in [0.3, 0.4) is 0 Å². The van der Waals surface area contributed by atoms with E-state index in [4.69, 9.17) is 37.9 Å². The van der Waals surface area contributed by atoms with Crippen molar-refractivity contribution in [1.82, 2.24) is 4.90 Å². The fraction of sp³-hybridized carbons (Fsp3) is 0.600. The molecule has 3 fully saturated rings. The van der Waals surface area contributed by atoms with E-state index in [0.29, 0.717) is 58.4 Å². The maximum atomic E-state index is 9.22. The standard InChI is InChI=1S/C30H41NO9/c32-15-7-12-31-13-16-33-18-20-35-27-26-25(22-37-29(40-26)23-8-3-1-4-9-23)39-30(38-24-10-5-2-6-11-24)28(27)36-21-19-34-17-14-31/h1-6,8-11,25-30,32H,7,12-22H2/t25-,26-,27+,28-,29-,30+/m1/s1. The van der Waals surface area contributed by atoms with Crippen LogP contribution >= 0.6 is 0 Å². The van der Waals surface area contributed by atoms with Gasteiger partial charge in [0.15, 0.2) is 6.29 Å². The Morgan fingerprint density at radius 1 is 0.725 bits per heavy atom. The first-order chi connectivity index (χ1) is 19.8. The highest BCUT2D eigenvalue weighted by molar-refractivity contribution is 5.21. The number of aliphatic hydroxyl groups is 1. The molecule has 3 heterocycles. The van der Waals surface area contributed by atoms with Crippen molar-refractivity contribution in [3.8, 4) is 5.75 Å². The minimum atomic E-state index is -0.736. The molecule has 0 aliphatic carbocycles. The molecule has 3 aliphatic heterocycles. The minimum Gasteiger partial charge on any atom is -0.462 e. The smallest absolute Gasteiger partial charge is 0.229 e. The van der Waals surface area contributed by atoms with Crippen LogP contribution in [0.4, 0.5) is 0 Å². The van der Waals surface area contributed by atoms with E-state index in [-0.39, 0.29) is 6.61 Å². The molecule has 3 saturated heterocycles. The van der Waals surface area contributed by atoms with Crippen LogP contribution in [0.5, 0.6) is 5.75 Å². The second kappa shape index (κ2) is 15.8. The molecule has 0 aromatic heterocycles. The highest BCUT2D eigenvalue weighted by Crippen LogP contribution is 2.37. The van der Waals surface area contributed by atoms with Gasteiger partial charge in [-0.2, -0.15) is 0 Å². The predicted molar refractivity (Wildman–Crippen MR) is 145 cm³/mol. The van der Waals surface area contributed by atoms with Gasteiger partial charge in [0.2, 0.25) is 6.29 Å². The number of aliphatic hydroxyl groups excluding tert-OH is 1. The topological polar surface area (TPSA) is 97.3 Å². The largest absolute Gasteiger partial charge is 0.462 e. The molecule has 0 saturated carbocycles. The molecule has 1 N–H and O–H groups in total. The van der Waals surface area contributed by atoms with Gasteiger partial charge in [0.05, 0.1) is 46.2 Å². The van der Waals surface area contributed by atoms with Crippen molar-refractivity contribution in [3.05, 3.63) is 66.2 Å². The summed E-state index contributed by atoms with van der Waals surface area (Å²) in [5, 5.41) is 9.22. The molecule has 220 valence electrons. The Hall–Kier alpha value is -2.12. The Bertz CT molecular complexity index is 968. The van der Waals surface area contributed by atoms with Crippen LogP contribution in [0.25, 0.3) is 0 Å². The first kappa shape index (κ1) is 29.4. The first-order valence-electron chi connectivity index (χ1n) is 14.2. The lowest BCUT2D eigenvalue weighted by Gasteiger charge is -2.48. The molecule has 2 aromatic carbocycles. The number of rotatable bonds is 6. The fourth-order valence-corrected chi connectivity index (χ4v) is 5.13. The normalized spacial score (nSPS) is 31.2. The van der Waals surface area contributed by atoms with E-state index in [1.165, 1.54) is 0 Å². The molecule has 3 aliphatic rings. The van der Waals surface area contributed by atoms with Gasteiger partial charge >= 0.3 is 0 Å². The lowest BCUT2D eigenvalue weighted by Crippen LogP contribution is -2.64. The van der Waals surface area contributed by atoms with E-state index in [1.807, 2.05) is 60.7 Å². The quantitative estimate of drug-likeness (QED) is 0.568. The summed E-state index contributed by atoms with van der Waals surface area (Å²) < 4.78 is 49.9. The third-order valence-electron chi connectivity index (χ3n) is 7.16. The molecule has 2 aromatic rings. The molecule has 0 radical (unpaired) electrons. The number of hydrogen-bond donors (Lipinski definition) is 1. The van der Waals surface area contributed by atoms with Crippen LogP contribution in [-0.2, 0) is 33.2 Å². The third kappa shape index (κ3) is 8.22. The van der Waals surface area contributed by atoms with Crippen molar-refractivity contribution >= 4 is 0 Å². The number of benzene rings is 2. The number of fused-ring (bicyclic) bond motifs is 3. The van der Waals surface area contributed by atoms with E-state index in [1.54, 1.807) is 0 Å². The summed E-state index contributed by atoms with van der Waals surface area (Å²) in [5.41, 5.74) is 0.931. The van der Waals surface area contributed by atoms with Gasteiger partial charge < -0.3 is 43.0 Å². The zero-order valence-electron chi connectivity index (χ0n) is 22.9. The number of nitrogens with zero attached hydrogens (tertiary/aromatic N) is 1. The molecule has 0 amide bonds. The van der Waals surface area contributed by atoms with Crippen molar-refractivity contribution in [2.75, 3.05) is 72.5 Å². The third-order valence-corrected chi connectivity index (χ3v) is 7.16. The van der Waals surface area contributed by atoms with Gasteiger partial charge in [-0.15, -0.1) is 0 Å². The maximum absolute atomic E-state index is 9.22. The summed E-state index contributed by atoms with van der Waals surface area (Å²) in [4.78, 5) is 2.24. The van der Waals surface area contributed by atoms with Crippen LogP contribution in [-0.4, -0.2) is 113 Å². The van der Waals surface area contributed by atoms with Gasteiger partial charge in [0.25, 0.3) is 0 Å². The number of ether oxygens (including phenoxy) is 8. The Balaban J connectivity index is 1.32. The summed E-state index contributed by atoms with van der Waals surface area (Å²) in [5.74, 6) is 0.673. The van der Waals surface area contributed by atoms with Crippen LogP contribution in [0.2, 0.25) is 0 Å². The maximum Gasteiger partial charge on any atom is 0.229 e.